The molecule has 1 atom stereocenters. The topological polar surface area (TPSA) is 32.3 Å². The van der Waals surface area contributed by atoms with Gasteiger partial charge < -0.3 is 10.2 Å². The Kier molecular flexibility index (Phi) is 3.91. The van der Waals surface area contributed by atoms with Gasteiger partial charge in [0.1, 0.15) is 0 Å². The minimum atomic E-state index is -0.0395. The van der Waals surface area contributed by atoms with Crippen LogP contribution in [0.15, 0.2) is 46.9 Å². The van der Waals surface area contributed by atoms with Crippen LogP contribution in [0.2, 0.25) is 5.02 Å². The summed E-state index contributed by atoms with van der Waals surface area (Å²) in [4.78, 5) is 13.9. The fourth-order valence-electron chi connectivity index (χ4n) is 2.57. The number of nitrogens with one attached hydrogen (secondary N) is 1. The molecule has 21 heavy (non-hydrogen) atoms. The summed E-state index contributed by atoms with van der Waals surface area (Å²) < 4.78 is 0.888. The first-order chi connectivity index (χ1) is 10.1. The highest BCUT2D eigenvalue weighted by Gasteiger charge is 2.28. The van der Waals surface area contributed by atoms with E-state index in [1.165, 1.54) is 0 Å². The summed E-state index contributed by atoms with van der Waals surface area (Å²) >= 11 is 9.46. The van der Waals surface area contributed by atoms with Crippen LogP contribution in [0.3, 0.4) is 0 Å². The smallest absolute Gasteiger partial charge is 0.229 e. The third-order valence-electron chi connectivity index (χ3n) is 3.69. The molecule has 3 nitrogen and oxygen atoms in total. The highest BCUT2D eigenvalue weighted by Crippen LogP contribution is 2.37. The maximum atomic E-state index is 12.1. The van der Waals surface area contributed by atoms with Crippen molar-refractivity contribution in [3.05, 3.63) is 57.5 Å². The number of hydrogen-bond acceptors (Lipinski definition) is 2. The molecule has 108 valence electrons. The molecule has 0 aromatic heterocycles. The van der Waals surface area contributed by atoms with Crippen molar-refractivity contribution in [1.29, 1.82) is 0 Å². The number of benzene rings is 2. The first kappa shape index (κ1) is 14.4. The van der Waals surface area contributed by atoms with Gasteiger partial charge in [-0.2, -0.15) is 0 Å². The van der Waals surface area contributed by atoms with Gasteiger partial charge in [0, 0.05) is 27.9 Å². The lowest BCUT2D eigenvalue weighted by Gasteiger charge is -2.32. The Balaban J connectivity index is 1.96. The molecule has 5 heteroatoms. The second-order valence-electron chi connectivity index (χ2n) is 5.04. The maximum absolute atomic E-state index is 12.1. The average Bonchev–Trinajstić information content (AvgIpc) is 2.47. The molecule has 2 aromatic carbocycles. The number of hydrogen-bond donors (Lipinski definition) is 1. The normalized spacial score (nSPS) is 17.6. The predicted octanol–water partition coefficient (Wildman–Crippen LogP) is 4.62. The summed E-state index contributed by atoms with van der Waals surface area (Å²) in [5, 5.41) is 4.10. The van der Waals surface area contributed by atoms with Crippen LogP contribution in [0.4, 0.5) is 11.4 Å². The number of rotatable bonds is 2. The second kappa shape index (κ2) is 5.70. The number of anilines is 2. The zero-order valence-corrected chi connectivity index (χ0v) is 13.8. The van der Waals surface area contributed by atoms with E-state index in [1.54, 1.807) is 4.90 Å². The minimum Gasteiger partial charge on any atom is -0.377 e. The van der Waals surface area contributed by atoms with Gasteiger partial charge in [-0.3, -0.25) is 4.79 Å². The largest absolute Gasteiger partial charge is 0.377 e. The molecule has 1 heterocycles. The van der Waals surface area contributed by atoms with E-state index in [-0.39, 0.29) is 11.9 Å². The first-order valence-corrected chi connectivity index (χ1v) is 7.80. The quantitative estimate of drug-likeness (QED) is 0.842. The van der Waals surface area contributed by atoms with E-state index in [2.05, 4.69) is 27.3 Å². The van der Waals surface area contributed by atoms with Crippen molar-refractivity contribution >= 4 is 44.8 Å². The van der Waals surface area contributed by atoms with E-state index < -0.39 is 0 Å². The van der Waals surface area contributed by atoms with E-state index in [4.69, 9.17) is 11.6 Å². The Morgan fingerprint density at radius 1 is 1.29 bits per heavy atom. The highest BCUT2D eigenvalue weighted by atomic mass is 79.9. The van der Waals surface area contributed by atoms with Gasteiger partial charge in [0.2, 0.25) is 5.91 Å². The number of carbonyl (C=O) groups excluding carboxylic acids is 1. The van der Waals surface area contributed by atoms with Gasteiger partial charge in [-0.05, 0) is 45.8 Å². The summed E-state index contributed by atoms with van der Waals surface area (Å²) in [7, 11) is 1.82. The second-order valence-corrected chi connectivity index (χ2v) is 6.33. The van der Waals surface area contributed by atoms with Gasteiger partial charge in [-0.15, -0.1) is 0 Å². The summed E-state index contributed by atoms with van der Waals surface area (Å²) in [6, 6.07) is 13.5. The summed E-state index contributed by atoms with van der Waals surface area (Å²) in [5.74, 6) is 0.108. The molecule has 1 N–H and O–H groups in total. The Labute approximate surface area is 137 Å². The number of halogens is 2. The number of amides is 1. The van der Waals surface area contributed by atoms with Crippen molar-refractivity contribution in [2.24, 2.45) is 0 Å². The van der Waals surface area contributed by atoms with Crippen molar-refractivity contribution in [3.63, 3.8) is 0 Å². The molecule has 0 saturated heterocycles. The molecule has 0 aliphatic carbocycles. The molecule has 1 aliphatic heterocycles. The SMILES string of the molecule is CN1C(=O)CC(Nc2ccc(Cl)cc2Br)c2ccccc21. The molecule has 1 amide bonds. The third kappa shape index (κ3) is 2.78. The highest BCUT2D eigenvalue weighted by molar-refractivity contribution is 9.10. The molecule has 3 rings (SSSR count). The predicted molar refractivity (Wildman–Crippen MR) is 90.0 cm³/mol. The molecule has 1 unspecified atom stereocenters. The number of nitrogens with zero attached hydrogens (tertiary/aromatic N) is 1. The van der Waals surface area contributed by atoms with Crippen LogP contribution in [0, 0.1) is 0 Å². The zero-order chi connectivity index (χ0) is 15.0. The van der Waals surface area contributed by atoms with E-state index in [0.717, 1.165) is 21.4 Å². The van der Waals surface area contributed by atoms with Crippen LogP contribution >= 0.6 is 27.5 Å². The van der Waals surface area contributed by atoms with E-state index in [0.29, 0.717) is 11.4 Å². The standard InChI is InChI=1S/C16H14BrClN2O/c1-20-15-5-3-2-4-11(15)14(9-16(20)21)19-13-7-6-10(18)8-12(13)17/h2-8,14,19H,9H2,1H3. The Morgan fingerprint density at radius 3 is 2.81 bits per heavy atom. The minimum absolute atomic E-state index is 0.0395. The number of carbonyl (C=O) groups is 1. The zero-order valence-electron chi connectivity index (χ0n) is 11.4. The van der Waals surface area contributed by atoms with Gasteiger partial charge in [0.15, 0.2) is 0 Å². The fourth-order valence-corrected chi connectivity index (χ4v) is 3.36. The van der Waals surface area contributed by atoms with E-state index >= 15 is 0 Å². The lowest BCUT2D eigenvalue weighted by Crippen LogP contribution is -2.35. The van der Waals surface area contributed by atoms with Gasteiger partial charge in [-0.1, -0.05) is 29.8 Å². The van der Waals surface area contributed by atoms with Crippen molar-refractivity contribution in [2.45, 2.75) is 12.5 Å². The maximum Gasteiger partial charge on any atom is 0.229 e. The molecule has 0 radical (unpaired) electrons. The Hall–Kier alpha value is -1.52. The third-order valence-corrected chi connectivity index (χ3v) is 4.58. The van der Waals surface area contributed by atoms with Crippen LogP contribution in [-0.2, 0) is 4.79 Å². The van der Waals surface area contributed by atoms with Gasteiger partial charge in [-0.25, -0.2) is 0 Å². The van der Waals surface area contributed by atoms with E-state index in [1.807, 2.05) is 43.4 Å². The van der Waals surface area contributed by atoms with Crippen molar-refractivity contribution in [2.75, 3.05) is 17.3 Å². The molecular weight excluding hydrogens is 352 g/mol. The van der Waals surface area contributed by atoms with Gasteiger partial charge in [0.05, 0.1) is 12.5 Å². The van der Waals surface area contributed by atoms with Crippen LogP contribution in [0.25, 0.3) is 0 Å². The lowest BCUT2D eigenvalue weighted by atomic mass is 9.96. The van der Waals surface area contributed by atoms with Crippen molar-refractivity contribution in [3.8, 4) is 0 Å². The molecule has 2 aromatic rings. The molecule has 0 fully saturated rings. The van der Waals surface area contributed by atoms with Crippen LogP contribution in [0.1, 0.15) is 18.0 Å². The van der Waals surface area contributed by atoms with Gasteiger partial charge in [0.25, 0.3) is 0 Å². The molecule has 0 saturated carbocycles. The molecule has 0 bridgehead atoms. The fraction of sp³-hybridized carbons (Fsp3) is 0.188. The molecule has 0 spiro atoms. The first-order valence-electron chi connectivity index (χ1n) is 6.63. The van der Waals surface area contributed by atoms with Crippen LogP contribution in [-0.4, -0.2) is 13.0 Å². The van der Waals surface area contributed by atoms with Crippen molar-refractivity contribution in [1.82, 2.24) is 0 Å². The Bertz CT molecular complexity index is 704. The van der Waals surface area contributed by atoms with Crippen LogP contribution in [0.5, 0.6) is 0 Å². The van der Waals surface area contributed by atoms with Gasteiger partial charge >= 0.3 is 0 Å². The number of fused-ring (bicyclic) bond motifs is 1. The summed E-state index contributed by atoms with van der Waals surface area (Å²) in [6.07, 6.45) is 0.433. The Morgan fingerprint density at radius 2 is 2.05 bits per heavy atom. The van der Waals surface area contributed by atoms with E-state index in [9.17, 15) is 4.79 Å². The molecular formula is C16H14BrClN2O. The summed E-state index contributed by atoms with van der Waals surface area (Å²) in [5.41, 5.74) is 3.01. The average molecular weight is 366 g/mol. The monoisotopic (exact) mass is 364 g/mol. The molecule has 1 aliphatic rings. The summed E-state index contributed by atoms with van der Waals surface area (Å²) in [6.45, 7) is 0. The van der Waals surface area contributed by atoms with Crippen LogP contribution < -0.4 is 10.2 Å². The lowest BCUT2D eigenvalue weighted by molar-refractivity contribution is -0.118. The number of para-hydroxylation sites is 1. The van der Waals surface area contributed by atoms with Crippen molar-refractivity contribution < 1.29 is 4.79 Å².